The van der Waals surface area contributed by atoms with Gasteiger partial charge in [-0.3, -0.25) is 0 Å². The van der Waals surface area contributed by atoms with E-state index < -0.39 is 0 Å². The molecule has 3 heteroatoms. The first-order valence-electron chi connectivity index (χ1n) is 8.38. The van der Waals surface area contributed by atoms with Gasteiger partial charge < -0.3 is 10.2 Å². The number of aryl methyl sites for hydroxylation is 1. The Hall–Kier alpha value is -1.51. The molecule has 2 amide bonds. The van der Waals surface area contributed by atoms with Crippen molar-refractivity contribution in [1.82, 2.24) is 10.2 Å². The van der Waals surface area contributed by atoms with Gasteiger partial charge in [0.05, 0.1) is 6.04 Å². The van der Waals surface area contributed by atoms with E-state index in [-0.39, 0.29) is 12.1 Å². The summed E-state index contributed by atoms with van der Waals surface area (Å²) in [5, 5.41) is 3.26. The minimum absolute atomic E-state index is 0.143. The highest BCUT2D eigenvalue weighted by Crippen LogP contribution is 2.32. The maximum atomic E-state index is 12.6. The first-order chi connectivity index (χ1) is 10.2. The van der Waals surface area contributed by atoms with Crippen molar-refractivity contribution in [2.75, 3.05) is 6.54 Å². The average molecular weight is 286 g/mol. The summed E-state index contributed by atoms with van der Waals surface area (Å²) in [5.41, 5.74) is 2.55. The maximum Gasteiger partial charge on any atom is 0.318 e. The molecule has 3 nitrogen and oxygen atoms in total. The molecular formula is C18H26N2O. The van der Waals surface area contributed by atoms with Gasteiger partial charge in [-0.15, -0.1) is 0 Å². The molecular weight excluding hydrogens is 260 g/mol. The summed E-state index contributed by atoms with van der Waals surface area (Å²) in [6, 6.07) is 9.43. The second-order valence-electron chi connectivity index (χ2n) is 6.55. The molecule has 1 saturated carbocycles. The third-order valence-corrected chi connectivity index (χ3v) is 4.91. The van der Waals surface area contributed by atoms with E-state index >= 15 is 0 Å². The molecule has 0 bridgehead atoms. The highest BCUT2D eigenvalue weighted by Gasteiger charge is 2.31. The highest BCUT2D eigenvalue weighted by molar-refractivity contribution is 5.75. The smallest absolute Gasteiger partial charge is 0.318 e. The van der Waals surface area contributed by atoms with Crippen LogP contribution in [0, 0.1) is 6.92 Å². The van der Waals surface area contributed by atoms with Crippen molar-refractivity contribution < 1.29 is 4.79 Å². The average Bonchev–Trinajstić information content (AvgIpc) is 2.98. The number of rotatable bonds is 2. The minimum Gasteiger partial charge on any atom is -0.335 e. The molecule has 1 aliphatic carbocycles. The van der Waals surface area contributed by atoms with Gasteiger partial charge in [0.2, 0.25) is 0 Å². The van der Waals surface area contributed by atoms with Crippen molar-refractivity contribution >= 4 is 6.03 Å². The van der Waals surface area contributed by atoms with E-state index in [0.717, 1.165) is 32.2 Å². The van der Waals surface area contributed by atoms with E-state index in [0.29, 0.717) is 6.04 Å². The van der Waals surface area contributed by atoms with Crippen LogP contribution in [0.4, 0.5) is 4.79 Å². The predicted octanol–water partition coefficient (Wildman–Crippen LogP) is 4.17. The number of likely N-dealkylation sites (tertiary alicyclic amines) is 1. The molecule has 2 fully saturated rings. The molecule has 1 N–H and O–H groups in total. The third-order valence-electron chi connectivity index (χ3n) is 4.91. The number of nitrogens with one attached hydrogen (secondary N) is 1. The molecule has 1 aromatic carbocycles. The lowest BCUT2D eigenvalue weighted by atomic mass is 9.96. The summed E-state index contributed by atoms with van der Waals surface area (Å²) >= 11 is 0. The Morgan fingerprint density at radius 1 is 1.05 bits per heavy atom. The molecule has 1 aliphatic heterocycles. The first-order valence-corrected chi connectivity index (χ1v) is 8.38. The Kier molecular flexibility index (Phi) is 4.47. The number of carbonyl (C=O) groups excluding carboxylic acids is 1. The number of nitrogens with zero attached hydrogens (tertiary/aromatic N) is 1. The van der Waals surface area contributed by atoms with Crippen LogP contribution in [-0.2, 0) is 0 Å². The van der Waals surface area contributed by atoms with Crippen molar-refractivity contribution in [2.45, 2.75) is 64.0 Å². The Bertz CT molecular complexity index is 476. The Morgan fingerprint density at radius 2 is 1.76 bits per heavy atom. The summed E-state index contributed by atoms with van der Waals surface area (Å²) in [4.78, 5) is 14.6. The molecule has 0 radical (unpaired) electrons. The molecule has 3 rings (SSSR count). The number of amides is 2. The van der Waals surface area contributed by atoms with Crippen molar-refractivity contribution in [2.24, 2.45) is 0 Å². The highest BCUT2D eigenvalue weighted by atomic mass is 16.2. The summed E-state index contributed by atoms with van der Waals surface area (Å²) < 4.78 is 0. The molecule has 0 unspecified atom stereocenters. The van der Waals surface area contributed by atoms with Crippen LogP contribution in [0.5, 0.6) is 0 Å². The van der Waals surface area contributed by atoms with Crippen molar-refractivity contribution in [3.05, 3.63) is 35.4 Å². The normalized spacial score (nSPS) is 23.3. The number of carbonyl (C=O) groups is 1. The Morgan fingerprint density at radius 3 is 2.48 bits per heavy atom. The molecule has 1 heterocycles. The van der Waals surface area contributed by atoms with Crippen LogP contribution in [0.25, 0.3) is 0 Å². The van der Waals surface area contributed by atoms with Gasteiger partial charge in [0.1, 0.15) is 0 Å². The van der Waals surface area contributed by atoms with Crippen LogP contribution in [0.2, 0.25) is 0 Å². The van der Waals surface area contributed by atoms with Gasteiger partial charge in [0.15, 0.2) is 0 Å². The number of hydrogen-bond acceptors (Lipinski definition) is 1. The van der Waals surface area contributed by atoms with Crippen molar-refractivity contribution in [3.63, 3.8) is 0 Å². The lowest BCUT2D eigenvalue weighted by Crippen LogP contribution is -2.45. The quantitative estimate of drug-likeness (QED) is 0.869. The topological polar surface area (TPSA) is 32.3 Å². The second-order valence-corrected chi connectivity index (χ2v) is 6.55. The van der Waals surface area contributed by atoms with Crippen LogP contribution in [0.15, 0.2) is 24.3 Å². The fourth-order valence-corrected chi connectivity index (χ4v) is 3.65. The number of hydrogen-bond donors (Lipinski definition) is 1. The van der Waals surface area contributed by atoms with Gasteiger partial charge in [0, 0.05) is 12.6 Å². The van der Waals surface area contributed by atoms with Gasteiger partial charge >= 0.3 is 6.03 Å². The van der Waals surface area contributed by atoms with E-state index in [2.05, 4.69) is 36.5 Å². The largest absolute Gasteiger partial charge is 0.335 e. The van der Waals surface area contributed by atoms with Gasteiger partial charge in [-0.1, -0.05) is 49.1 Å². The van der Waals surface area contributed by atoms with Gasteiger partial charge in [0.25, 0.3) is 0 Å². The zero-order valence-electron chi connectivity index (χ0n) is 13.0. The molecule has 2 aliphatic rings. The zero-order valence-corrected chi connectivity index (χ0v) is 13.0. The summed E-state index contributed by atoms with van der Waals surface area (Å²) in [6.07, 6.45) is 8.32. The monoisotopic (exact) mass is 286 g/mol. The van der Waals surface area contributed by atoms with Crippen molar-refractivity contribution in [1.29, 1.82) is 0 Å². The zero-order chi connectivity index (χ0) is 14.7. The first kappa shape index (κ1) is 14.4. The van der Waals surface area contributed by atoms with Gasteiger partial charge in [-0.05, 0) is 38.2 Å². The number of benzene rings is 1. The molecule has 1 atom stereocenters. The minimum atomic E-state index is 0.143. The van der Waals surface area contributed by atoms with E-state index in [4.69, 9.17) is 0 Å². The van der Waals surface area contributed by atoms with Crippen LogP contribution < -0.4 is 5.32 Å². The van der Waals surface area contributed by atoms with E-state index in [1.807, 2.05) is 4.90 Å². The van der Waals surface area contributed by atoms with Crippen LogP contribution in [0.3, 0.4) is 0 Å². The summed E-state index contributed by atoms with van der Waals surface area (Å²) in [7, 11) is 0. The molecule has 1 aromatic rings. The van der Waals surface area contributed by atoms with E-state index in [1.54, 1.807) is 0 Å². The lowest BCUT2D eigenvalue weighted by Gasteiger charge is -2.29. The van der Waals surface area contributed by atoms with Crippen LogP contribution in [-0.4, -0.2) is 23.5 Å². The molecule has 1 saturated heterocycles. The Balaban J connectivity index is 1.65. The predicted molar refractivity (Wildman–Crippen MR) is 85.3 cm³/mol. The fraction of sp³-hybridized carbons (Fsp3) is 0.611. The lowest BCUT2D eigenvalue weighted by molar-refractivity contribution is 0.185. The van der Waals surface area contributed by atoms with Crippen molar-refractivity contribution in [3.8, 4) is 0 Å². The van der Waals surface area contributed by atoms with Gasteiger partial charge in [-0.2, -0.15) is 0 Å². The number of urea groups is 1. The molecule has 0 aromatic heterocycles. The SMILES string of the molecule is Cc1ccc([C@H]2CCCN2C(=O)NC2CCCCC2)cc1. The summed E-state index contributed by atoms with van der Waals surface area (Å²) in [6.45, 7) is 2.99. The third kappa shape index (κ3) is 3.39. The standard InChI is InChI=1S/C18H26N2O/c1-14-9-11-15(12-10-14)17-8-5-13-20(17)18(21)19-16-6-3-2-4-7-16/h9-12,16-17H,2-8,13H2,1H3,(H,19,21)/t17-/m1/s1. The van der Waals surface area contributed by atoms with Crippen LogP contribution >= 0.6 is 0 Å². The summed E-state index contributed by atoms with van der Waals surface area (Å²) in [5.74, 6) is 0. The molecule has 0 spiro atoms. The van der Waals surface area contributed by atoms with Crippen LogP contribution in [0.1, 0.15) is 62.1 Å². The molecule has 21 heavy (non-hydrogen) atoms. The van der Waals surface area contributed by atoms with Gasteiger partial charge in [-0.25, -0.2) is 4.79 Å². The van der Waals surface area contributed by atoms with E-state index in [9.17, 15) is 4.79 Å². The second kappa shape index (κ2) is 6.50. The fourth-order valence-electron chi connectivity index (χ4n) is 3.65. The maximum absolute atomic E-state index is 12.6. The molecule has 114 valence electrons. The Labute approximate surface area is 127 Å². The van der Waals surface area contributed by atoms with E-state index in [1.165, 1.54) is 30.4 Å².